The van der Waals surface area contributed by atoms with Gasteiger partial charge in [0.2, 0.25) is 5.95 Å². The van der Waals surface area contributed by atoms with Crippen LogP contribution in [0.15, 0.2) is 35.1 Å². The maximum Gasteiger partial charge on any atom is 0.329 e. The Kier molecular flexibility index (Phi) is 7.13. The van der Waals surface area contributed by atoms with E-state index in [1.54, 1.807) is 11.6 Å². The van der Waals surface area contributed by atoms with Gasteiger partial charge in [-0.3, -0.25) is 14.3 Å². The van der Waals surface area contributed by atoms with Gasteiger partial charge in [0.15, 0.2) is 11.2 Å². The van der Waals surface area contributed by atoms with Crippen molar-refractivity contribution in [1.29, 1.82) is 0 Å². The van der Waals surface area contributed by atoms with E-state index >= 15 is 0 Å². The number of halogens is 3. The number of fused-ring (bicyclic) bond motifs is 1. The zero-order valence-corrected chi connectivity index (χ0v) is 22.0. The largest absolute Gasteiger partial charge is 0.488 e. The average molecular weight is 636 g/mol. The number of nitrogens with zero attached hydrogens (tertiary/aromatic N) is 4. The summed E-state index contributed by atoms with van der Waals surface area (Å²) in [4.78, 5) is 33.8. The van der Waals surface area contributed by atoms with Crippen LogP contribution >= 0.6 is 47.8 Å². The molecule has 3 aromatic rings. The number of aromatic amines is 1. The molecule has 1 atom stereocenters. The van der Waals surface area contributed by atoms with Gasteiger partial charge in [0.25, 0.3) is 5.56 Å². The monoisotopic (exact) mass is 633 g/mol. The smallest absolute Gasteiger partial charge is 0.329 e. The van der Waals surface area contributed by atoms with E-state index < -0.39 is 17.4 Å². The second-order valence-corrected chi connectivity index (χ2v) is 10.3. The van der Waals surface area contributed by atoms with Crippen molar-refractivity contribution in [2.75, 3.05) is 24.6 Å². The molecule has 1 aliphatic heterocycles. The maximum atomic E-state index is 12.7. The number of nitrogens with one attached hydrogen (secondary N) is 1. The summed E-state index contributed by atoms with van der Waals surface area (Å²) in [6.45, 7) is 1.71. The normalized spacial score (nSPS) is 15.3. The highest BCUT2D eigenvalue weighted by Crippen LogP contribution is 2.36. The van der Waals surface area contributed by atoms with Gasteiger partial charge in [-0.15, -0.1) is 0 Å². The number of hydrogen-bond acceptors (Lipinski definition) is 6. The Hall–Kier alpha value is -1.63. The number of H-pyrrole nitrogens is 1. The molecule has 1 saturated heterocycles. The van der Waals surface area contributed by atoms with E-state index in [9.17, 15) is 14.7 Å². The number of benzene rings is 1. The summed E-state index contributed by atoms with van der Waals surface area (Å²) in [5, 5.41) is 10.8. The number of ether oxygens (including phenoxy) is 1. The predicted molar refractivity (Wildman–Crippen MR) is 133 cm³/mol. The van der Waals surface area contributed by atoms with Crippen molar-refractivity contribution in [1.82, 2.24) is 19.1 Å². The Morgan fingerprint density at radius 3 is 2.47 bits per heavy atom. The van der Waals surface area contributed by atoms with Crippen molar-refractivity contribution in [2.45, 2.75) is 31.9 Å². The first-order valence-electron chi connectivity index (χ1n) is 10.2. The molecule has 3 heterocycles. The molecule has 0 radical (unpaired) electrons. The minimum absolute atomic E-state index is 0.00160. The van der Waals surface area contributed by atoms with Crippen molar-refractivity contribution in [3.63, 3.8) is 0 Å². The van der Waals surface area contributed by atoms with Crippen LogP contribution in [0.2, 0.25) is 0 Å². The molecule has 4 rings (SSSR count). The third-order valence-electron chi connectivity index (χ3n) is 5.40. The summed E-state index contributed by atoms with van der Waals surface area (Å²) in [6.07, 6.45) is 2.27. The molecule has 0 saturated carbocycles. The van der Waals surface area contributed by atoms with Gasteiger partial charge >= 0.3 is 5.69 Å². The van der Waals surface area contributed by atoms with E-state index in [-0.39, 0.29) is 18.7 Å². The summed E-state index contributed by atoms with van der Waals surface area (Å²) in [5.41, 5.74) is -0.486. The van der Waals surface area contributed by atoms with Crippen LogP contribution in [0.1, 0.15) is 19.3 Å². The Labute approximate surface area is 208 Å². The highest BCUT2D eigenvalue weighted by atomic mass is 79.9. The highest BCUT2D eigenvalue weighted by molar-refractivity contribution is 9.11. The van der Waals surface area contributed by atoms with Crippen LogP contribution < -0.4 is 20.9 Å². The van der Waals surface area contributed by atoms with Crippen LogP contribution in [0.4, 0.5) is 5.95 Å². The molecule has 2 aromatic heterocycles. The number of rotatable bonds is 6. The number of hydrogen-bond donors (Lipinski definition) is 2. The van der Waals surface area contributed by atoms with E-state index in [4.69, 9.17) is 4.74 Å². The quantitative estimate of drug-likeness (QED) is 0.431. The Balaban J connectivity index is 1.66. The first kappa shape index (κ1) is 23.5. The molecule has 0 amide bonds. The molecule has 1 aliphatic rings. The van der Waals surface area contributed by atoms with Gasteiger partial charge in [-0.1, -0.05) is 15.9 Å². The van der Waals surface area contributed by atoms with Gasteiger partial charge in [-0.05, 0) is 63.3 Å². The van der Waals surface area contributed by atoms with Gasteiger partial charge in [0.1, 0.15) is 18.5 Å². The van der Waals surface area contributed by atoms with E-state index in [0.717, 1.165) is 45.8 Å². The van der Waals surface area contributed by atoms with Crippen molar-refractivity contribution in [3.8, 4) is 5.75 Å². The fourth-order valence-corrected chi connectivity index (χ4v) is 6.33. The number of aryl methyl sites for hydroxylation is 1. The molecular weight excluding hydrogens is 614 g/mol. The van der Waals surface area contributed by atoms with Crippen LogP contribution in [0.25, 0.3) is 11.2 Å². The summed E-state index contributed by atoms with van der Waals surface area (Å²) in [6, 6.07) is 3.70. The molecular formula is C20H22Br3N5O4. The van der Waals surface area contributed by atoms with Gasteiger partial charge < -0.3 is 19.3 Å². The lowest BCUT2D eigenvalue weighted by Gasteiger charge is -2.28. The Bertz CT molecular complexity index is 1240. The Morgan fingerprint density at radius 1 is 1.16 bits per heavy atom. The molecule has 0 unspecified atom stereocenters. The second-order valence-electron chi connectivity index (χ2n) is 7.72. The minimum atomic E-state index is -0.921. The van der Waals surface area contributed by atoms with E-state index in [2.05, 4.69) is 62.7 Å². The van der Waals surface area contributed by atoms with Gasteiger partial charge in [-0.2, -0.15) is 4.98 Å². The first-order chi connectivity index (χ1) is 15.3. The summed E-state index contributed by atoms with van der Waals surface area (Å²) >= 11 is 10.3. The molecule has 1 fully saturated rings. The fourth-order valence-electron chi connectivity index (χ4n) is 3.84. The summed E-state index contributed by atoms with van der Waals surface area (Å²) in [5.74, 6) is 1.15. The van der Waals surface area contributed by atoms with E-state index in [1.807, 2.05) is 12.1 Å². The lowest BCUT2D eigenvalue weighted by Crippen LogP contribution is -2.34. The summed E-state index contributed by atoms with van der Waals surface area (Å²) < 4.78 is 11.2. The maximum absolute atomic E-state index is 12.7. The van der Waals surface area contributed by atoms with Crippen LogP contribution in [0.3, 0.4) is 0 Å². The van der Waals surface area contributed by atoms with Crippen LogP contribution in [-0.2, 0) is 13.6 Å². The first-order valence-corrected chi connectivity index (χ1v) is 12.5. The van der Waals surface area contributed by atoms with Crippen LogP contribution in [0.5, 0.6) is 5.75 Å². The zero-order valence-electron chi connectivity index (χ0n) is 17.3. The average Bonchev–Trinajstić information content (AvgIpc) is 3.11. The number of piperidine rings is 1. The number of aliphatic hydroxyl groups excluding tert-OH is 1. The molecule has 12 heteroatoms. The number of aromatic nitrogens is 4. The SMILES string of the molecule is Cn1c(=O)[nH]c(=O)c2c1nc(N1CCCCC1)n2C[C@H](O)COc1c(Br)cc(Br)cc1Br. The molecule has 0 bridgehead atoms. The van der Waals surface area contributed by atoms with Gasteiger partial charge in [0.05, 0.1) is 15.5 Å². The standard InChI is InChI=1S/C20H22Br3N5O4/c1-26-17-15(18(30)25-20(26)31)28(19(24-17)27-5-3-2-4-6-27)9-12(29)10-32-16-13(22)7-11(21)8-14(16)23/h7-8,12,29H,2-6,9-10H2,1H3,(H,25,30,31)/t12-/m0/s1. The number of imidazole rings is 1. The minimum Gasteiger partial charge on any atom is -0.488 e. The third kappa shape index (κ3) is 4.68. The van der Waals surface area contributed by atoms with Crippen molar-refractivity contribution in [3.05, 3.63) is 46.4 Å². The van der Waals surface area contributed by atoms with E-state index in [0.29, 0.717) is 17.3 Å². The van der Waals surface area contributed by atoms with Crippen molar-refractivity contribution < 1.29 is 9.84 Å². The van der Waals surface area contributed by atoms with Gasteiger partial charge in [-0.25, -0.2) is 4.79 Å². The molecule has 1 aromatic carbocycles. The lowest BCUT2D eigenvalue weighted by atomic mass is 10.1. The predicted octanol–water partition coefficient (Wildman–Crippen LogP) is 3.14. The van der Waals surface area contributed by atoms with Crippen LogP contribution in [0, 0.1) is 0 Å². The topological polar surface area (TPSA) is 105 Å². The summed E-state index contributed by atoms with van der Waals surface area (Å²) in [7, 11) is 1.57. The molecule has 0 spiro atoms. The lowest BCUT2D eigenvalue weighted by molar-refractivity contribution is 0.0928. The van der Waals surface area contributed by atoms with Gasteiger partial charge in [0, 0.05) is 24.6 Å². The third-order valence-corrected chi connectivity index (χ3v) is 7.04. The number of anilines is 1. The molecule has 172 valence electrons. The van der Waals surface area contributed by atoms with Crippen molar-refractivity contribution in [2.24, 2.45) is 7.05 Å². The second kappa shape index (κ2) is 9.70. The van der Waals surface area contributed by atoms with Crippen LogP contribution in [-0.4, -0.2) is 50.0 Å². The molecule has 0 aliphatic carbocycles. The molecule has 2 N–H and O–H groups in total. The fraction of sp³-hybridized carbons (Fsp3) is 0.450. The molecule has 9 nitrogen and oxygen atoms in total. The Morgan fingerprint density at radius 2 is 1.81 bits per heavy atom. The molecule has 32 heavy (non-hydrogen) atoms. The van der Waals surface area contributed by atoms with E-state index in [1.165, 1.54) is 4.57 Å². The number of aliphatic hydroxyl groups is 1. The zero-order chi connectivity index (χ0) is 23.0. The van der Waals surface area contributed by atoms with Crippen molar-refractivity contribution >= 4 is 64.9 Å². The highest BCUT2D eigenvalue weighted by Gasteiger charge is 2.24.